The minimum absolute atomic E-state index is 0.260. The van der Waals surface area contributed by atoms with Crippen molar-refractivity contribution in [2.24, 2.45) is 0 Å². The van der Waals surface area contributed by atoms with Crippen molar-refractivity contribution in [3.8, 4) is 0 Å². The zero-order valence-electron chi connectivity index (χ0n) is 11.5. The van der Waals surface area contributed by atoms with Crippen LogP contribution in [0.25, 0.3) is 0 Å². The fraction of sp³-hybridized carbons (Fsp3) is 0.133. The van der Waals surface area contributed by atoms with Gasteiger partial charge in [-0.25, -0.2) is 9.10 Å². The summed E-state index contributed by atoms with van der Waals surface area (Å²) < 4.78 is 1.28. The lowest BCUT2D eigenvalue weighted by Gasteiger charge is -2.16. The predicted octanol–water partition coefficient (Wildman–Crippen LogP) is 5.15. The van der Waals surface area contributed by atoms with Crippen LogP contribution >= 0.6 is 47.8 Å². The van der Waals surface area contributed by atoms with Crippen LogP contribution in [0.2, 0.25) is 10.0 Å². The van der Waals surface area contributed by atoms with Gasteiger partial charge in [-0.3, -0.25) is 0 Å². The van der Waals surface area contributed by atoms with Crippen molar-refractivity contribution in [2.45, 2.75) is 4.90 Å². The van der Waals surface area contributed by atoms with Crippen molar-refractivity contribution in [3.05, 3.63) is 58.6 Å². The fourth-order valence-electron chi connectivity index (χ4n) is 1.65. The van der Waals surface area contributed by atoms with Gasteiger partial charge in [-0.15, -0.1) is 11.8 Å². The van der Waals surface area contributed by atoms with Crippen molar-refractivity contribution in [1.29, 1.82) is 0 Å². The molecule has 2 rings (SSSR count). The third-order valence-corrected chi connectivity index (χ3v) is 4.88. The molecule has 0 saturated heterocycles. The zero-order valence-corrected chi connectivity index (χ0v) is 14.7. The van der Waals surface area contributed by atoms with E-state index in [0.29, 0.717) is 16.6 Å². The molecule has 0 radical (unpaired) electrons. The van der Waals surface area contributed by atoms with E-state index in [2.05, 4.69) is 18.1 Å². The number of rotatable bonds is 5. The number of anilines is 1. The third kappa shape index (κ3) is 5.02. The summed E-state index contributed by atoms with van der Waals surface area (Å²) in [6, 6.07) is 14.4. The first-order chi connectivity index (χ1) is 10.6. The van der Waals surface area contributed by atoms with Crippen LogP contribution in [0.4, 0.5) is 10.5 Å². The molecule has 0 aliphatic rings. The Bertz CT molecular complexity index is 641. The lowest BCUT2D eigenvalue weighted by Crippen LogP contribution is -2.35. The maximum atomic E-state index is 11.9. The minimum Gasteiger partial charge on any atom is -0.336 e. The van der Waals surface area contributed by atoms with Crippen LogP contribution < -0.4 is 9.62 Å². The summed E-state index contributed by atoms with van der Waals surface area (Å²) in [5.41, 5.74) is 0.723. The zero-order chi connectivity index (χ0) is 15.9. The Morgan fingerprint density at radius 2 is 1.86 bits per heavy atom. The molecule has 2 aromatic carbocycles. The quantitative estimate of drug-likeness (QED) is 0.432. The molecule has 0 heterocycles. The summed E-state index contributed by atoms with van der Waals surface area (Å²) >= 11 is 17.6. The van der Waals surface area contributed by atoms with E-state index in [1.807, 2.05) is 42.5 Å². The van der Waals surface area contributed by atoms with Gasteiger partial charge in [-0.1, -0.05) is 54.2 Å². The number of hydrogen-bond acceptors (Lipinski definition) is 3. The van der Waals surface area contributed by atoms with E-state index in [4.69, 9.17) is 23.2 Å². The van der Waals surface area contributed by atoms with Gasteiger partial charge in [0.25, 0.3) is 0 Å². The Hall–Kier alpha value is -1.01. The van der Waals surface area contributed by atoms with E-state index < -0.39 is 0 Å². The molecule has 7 heteroatoms. The number of carbonyl (C=O) groups excluding carboxylic acids is 1. The highest BCUT2D eigenvalue weighted by Gasteiger charge is 2.10. The number of hydrogen-bond donors (Lipinski definition) is 2. The summed E-state index contributed by atoms with van der Waals surface area (Å²) in [7, 11) is 0. The molecular formula is C15H14Cl2N2OS2. The van der Waals surface area contributed by atoms with Crippen molar-refractivity contribution >= 4 is 59.5 Å². The maximum Gasteiger partial charge on any atom is 0.331 e. The minimum atomic E-state index is -0.260. The largest absolute Gasteiger partial charge is 0.336 e. The molecule has 0 fully saturated rings. The predicted molar refractivity (Wildman–Crippen MR) is 98.5 cm³/mol. The van der Waals surface area contributed by atoms with E-state index in [1.165, 1.54) is 4.31 Å². The summed E-state index contributed by atoms with van der Waals surface area (Å²) in [6.45, 7) is 0.521. The lowest BCUT2D eigenvalue weighted by molar-refractivity contribution is 0.250. The SMILES string of the molecule is O=C(NCCSc1ccc(Cl)c(Cl)c1)N(S)c1ccccc1. The number of thiol groups is 1. The van der Waals surface area contributed by atoms with Gasteiger partial charge in [-0.2, -0.15) is 0 Å². The Labute approximate surface area is 149 Å². The molecule has 0 aromatic heterocycles. The summed E-state index contributed by atoms with van der Waals surface area (Å²) in [6.07, 6.45) is 0. The first-order valence-corrected chi connectivity index (χ1v) is 8.62. The monoisotopic (exact) mass is 372 g/mol. The van der Waals surface area contributed by atoms with Crippen LogP contribution in [0.3, 0.4) is 0 Å². The van der Waals surface area contributed by atoms with Crippen molar-refractivity contribution in [3.63, 3.8) is 0 Å². The number of thioether (sulfide) groups is 1. The number of amides is 2. The van der Waals surface area contributed by atoms with Crippen LogP contribution in [0.15, 0.2) is 53.4 Å². The molecule has 116 valence electrons. The number of nitrogens with one attached hydrogen (secondary N) is 1. The molecule has 0 saturated carbocycles. The molecular weight excluding hydrogens is 359 g/mol. The van der Waals surface area contributed by atoms with Crippen LogP contribution in [-0.2, 0) is 0 Å². The van der Waals surface area contributed by atoms with E-state index >= 15 is 0 Å². The topological polar surface area (TPSA) is 32.3 Å². The Morgan fingerprint density at radius 3 is 2.55 bits per heavy atom. The molecule has 0 unspecified atom stereocenters. The third-order valence-electron chi connectivity index (χ3n) is 2.73. The molecule has 2 amide bonds. The van der Waals surface area contributed by atoms with Gasteiger partial charge in [0.05, 0.1) is 15.7 Å². The van der Waals surface area contributed by atoms with Gasteiger partial charge in [0, 0.05) is 17.2 Å². The van der Waals surface area contributed by atoms with Gasteiger partial charge >= 0.3 is 6.03 Å². The molecule has 22 heavy (non-hydrogen) atoms. The van der Waals surface area contributed by atoms with E-state index in [0.717, 1.165) is 16.3 Å². The number of benzene rings is 2. The van der Waals surface area contributed by atoms with E-state index in [9.17, 15) is 4.79 Å². The average molecular weight is 373 g/mol. The average Bonchev–Trinajstić information content (AvgIpc) is 2.54. The number of carbonyl (C=O) groups is 1. The van der Waals surface area contributed by atoms with Crippen molar-refractivity contribution in [1.82, 2.24) is 5.32 Å². The first-order valence-electron chi connectivity index (χ1n) is 6.47. The first kappa shape index (κ1) is 17.3. The van der Waals surface area contributed by atoms with Crippen molar-refractivity contribution in [2.75, 3.05) is 16.6 Å². The van der Waals surface area contributed by atoms with Crippen LogP contribution in [0.5, 0.6) is 0 Å². The fourth-order valence-corrected chi connectivity index (χ4v) is 3.03. The smallest absolute Gasteiger partial charge is 0.331 e. The van der Waals surface area contributed by atoms with Gasteiger partial charge in [0.2, 0.25) is 0 Å². The lowest BCUT2D eigenvalue weighted by atomic mass is 10.3. The van der Waals surface area contributed by atoms with Gasteiger partial charge in [-0.05, 0) is 30.3 Å². The van der Waals surface area contributed by atoms with Gasteiger partial charge < -0.3 is 5.32 Å². The summed E-state index contributed by atoms with van der Waals surface area (Å²) in [5, 5.41) is 3.87. The van der Waals surface area contributed by atoms with Gasteiger partial charge in [0.15, 0.2) is 0 Å². The highest BCUT2D eigenvalue weighted by molar-refractivity contribution is 7.99. The Kier molecular flexibility index (Phi) is 6.76. The Morgan fingerprint density at radius 1 is 1.14 bits per heavy atom. The maximum absolute atomic E-state index is 11.9. The summed E-state index contributed by atoms with van der Waals surface area (Å²) in [4.78, 5) is 13.0. The molecule has 0 aliphatic heterocycles. The second-order valence-electron chi connectivity index (χ2n) is 4.30. The normalized spacial score (nSPS) is 10.3. The van der Waals surface area contributed by atoms with Gasteiger partial charge in [0.1, 0.15) is 0 Å². The van der Waals surface area contributed by atoms with E-state index in [-0.39, 0.29) is 6.03 Å². The number of para-hydroxylation sites is 1. The van der Waals surface area contributed by atoms with Crippen LogP contribution in [-0.4, -0.2) is 18.3 Å². The number of nitrogens with zero attached hydrogens (tertiary/aromatic N) is 1. The van der Waals surface area contributed by atoms with Crippen LogP contribution in [0.1, 0.15) is 0 Å². The van der Waals surface area contributed by atoms with Crippen LogP contribution in [0, 0.1) is 0 Å². The highest BCUT2D eigenvalue weighted by Crippen LogP contribution is 2.27. The summed E-state index contributed by atoms with van der Waals surface area (Å²) in [5.74, 6) is 0.722. The second-order valence-corrected chi connectivity index (χ2v) is 6.69. The number of halogens is 2. The second kappa shape index (κ2) is 8.58. The van der Waals surface area contributed by atoms with Crippen molar-refractivity contribution < 1.29 is 4.79 Å². The molecule has 3 nitrogen and oxygen atoms in total. The molecule has 0 spiro atoms. The molecule has 0 bridgehead atoms. The number of urea groups is 1. The Balaban J connectivity index is 1.76. The molecule has 2 aromatic rings. The molecule has 0 atom stereocenters. The standard InChI is InChI=1S/C15H14Cl2N2OS2/c16-13-7-6-12(10-14(13)17)22-9-8-18-15(20)19(21)11-4-2-1-3-5-11/h1-7,10,21H,8-9H2,(H,18,20). The molecule has 1 N–H and O–H groups in total. The highest BCUT2D eigenvalue weighted by atomic mass is 35.5. The molecule has 0 aliphatic carbocycles. The van der Waals surface area contributed by atoms with E-state index in [1.54, 1.807) is 17.8 Å².